The summed E-state index contributed by atoms with van der Waals surface area (Å²) in [6, 6.07) is 9.08. The second-order valence-corrected chi connectivity index (χ2v) is 5.31. The van der Waals surface area contributed by atoms with Gasteiger partial charge in [-0.05, 0) is 37.5 Å². The molecule has 20 heavy (non-hydrogen) atoms. The third-order valence-corrected chi connectivity index (χ3v) is 3.56. The van der Waals surface area contributed by atoms with Gasteiger partial charge in [0, 0.05) is 37.9 Å². The summed E-state index contributed by atoms with van der Waals surface area (Å²) < 4.78 is 0. The highest BCUT2D eigenvalue weighted by Gasteiger charge is 2.15. The summed E-state index contributed by atoms with van der Waals surface area (Å²) in [4.78, 5) is 12.8. The Morgan fingerprint density at radius 1 is 1.55 bits per heavy atom. The van der Waals surface area contributed by atoms with Crippen LogP contribution >= 0.6 is 0 Å². The van der Waals surface area contributed by atoms with Crippen LogP contribution in [0.5, 0.6) is 0 Å². The molecule has 0 unspecified atom stereocenters. The highest BCUT2D eigenvalue weighted by molar-refractivity contribution is 5.64. The van der Waals surface area contributed by atoms with Crippen LogP contribution in [0.3, 0.4) is 0 Å². The van der Waals surface area contributed by atoms with E-state index in [2.05, 4.69) is 46.7 Å². The van der Waals surface area contributed by atoms with Crippen LogP contribution in [0.1, 0.15) is 18.9 Å². The average Bonchev–Trinajstić information content (AvgIpc) is 2.44. The number of aryl methyl sites for hydroxylation is 1. The van der Waals surface area contributed by atoms with Crippen LogP contribution in [0.2, 0.25) is 0 Å². The lowest BCUT2D eigenvalue weighted by atomic mass is 10.1. The molecule has 0 bridgehead atoms. The molecule has 3 N–H and O–H groups in total. The topological polar surface area (TPSA) is 64.6 Å². The van der Waals surface area contributed by atoms with Crippen molar-refractivity contribution in [1.82, 2.24) is 10.6 Å². The Balaban J connectivity index is 1.88. The number of anilines is 1. The molecule has 2 rings (SSSR count). The fourth-order valence-electron chi connectivity index (χ4n) is 2.56. The van der Waals surface area contributed by atoms with Crippen molar-refractivity contribution in [2.24, 2.45) is 0 Å². The molecule has 110 valence electrons. The van der Waals surface area contributed by atoms with Crippen molar-refractivity contribution in [2.75, 3.05) is 31.1 Å². The first-order chi connectivity index (χ1) is 9.65. The molecule has 1 amide bonds. The number of hydrogen-bond acceptors (Lipinski definition) is 3. The molecule has 1 aromatic carbocycles. The van der Waals surface area contributed by atoms with Gasteiger partial charge < -0.3 is 20.6 Å². The first-order valence-electron chi connectivity index (χ1n) is 7.19. The third-order valence-electron chi connectivity index (χ3n) is 3.56. The van der Waals surface area contributed by atoms with Crippen LogP contribution in [0, 0.1) is 0 Å². The van der Waals surface area contributed by atoms with Gasteiger partial charge in [0.15, 0.2) is 0 Å². The quantitative estimate of drug-likeness (QED) is 0.717. The first kappa shape index (κ1) is 14.7. The Morgan fingerprint density at radius 2 is 2.40 bits per heavy atom. The molecular formula is C15H23N3O2. The van der Waals surface area contributed by atoms with Crippen molar-refractivity contribution in [3.8, 4) is 0 Å². The van der Waals surface area contributed by atoms with E-state index in [0.29, 0.717) is 12.6 Å². The van der Waals surface area contributed by atoms with Gasteiger partial charge in [0.1, 0.15) is 0 Å². The smallest absolute Gasteiger partial charge is 0.404 e. The van der Waals surface area contributed by atoms with Crippen molar-refractivity contribution in [3.05, 3.63) is 29.8 Å². The van der Waals surface area contributed by atoms with Crippen molar-refractivity contribution in [1.29, 1.82) is 0 Å². The molecule has 1 heterocycles. The zero-order chi connectivity index (χ0) is 14.4. The molecule has 5 nitrogen and oxygen atoms in total. The van der Waals surface area contributed by atoms with Crippen molar-refractivity contribution in [2.45, 2.75) is 25.8 Å². The van der Waals surface area contributed by atoms with E-state index in [1.54, 1.807) is 0 Å². The highest BCUT2D eigenvalue weighted by atomic mass is 16.4. The lowest BCUT2D eigenvalue weighted by Crippen LogP contribution is -2.49. The van der Waals surface area contributed by atoms with Crippen molar-refractivity contribution >= 4 is 11.8 Å². The van der Waals surface area contributed by atoms with Crippen molar-refractivity contribution in [3.63, 3.8) is 0 Å². The number of hydrogen-bond donors (Lipinski definition) is 3. The number of nitrogens with one attached hydrogen (secondary N) is 2. The van der Waals surface area contributed by atoms with E-state index in [0.717, 1.165) is 32.5 Å². The molecule has 5 heteroatoms. The summed E-state index contributed by atoms with van der Waals surface area (Å²) in [6.07, 6.45) is 0.775. The summed E-state index contributed by atoms with van der Waals surface area (Å²) in [5, 5.41) is 14.4. The number of carboxylic acid groups (broad SMARTS) is 1. The maximum Gasteiger partial charge on any atom is 0.404 e. The molecule has 1 saturated heterocycles. The predicted molar refractivity (Wildman–Crippen MR) is 80.5 cm³/mol. The van der Waals surface area contributed by atoms with Crippen LogP contribution in [-0.4, -0.2) is 43.4 Å². The SMILES string of the molecule is C[C@H]1CN(c2cccc(CCCNC(=O)O)c2)CCN1. The minimum atomic E-state index is -0.950. The standard InChI is InChI=1S/C15H23N3O2/c1-12-11-18(9-8-16-12)14-6-2-4-13(10-14)5-3-7-17-15(19)20/h2,4,6,10,12,16-17H,3,5,7-9,11H2,1H3,(H,19,20)/t12-/m0/s1. The second kappa shape index (κ2) is 7.14. The normalized spacial score (nSPS) is 18.9. The Kier molecular flexibility index (Phi) is 5.24. The number of rotatable bonds is 5. The fourth-order valence-corrected chi connectivity index (χ4v) is 2.56. The zero-order valence-corrected chi connectivity index (χ0v) is 11.9. The summed E-state index contributed by atoms with van der Waals surface area (Å²) in [5.41, 5.74) is 2.53. The molecule has 1 aliphatic rings. The van der Waals surface area contributed by atoms with Crippen LogP contribution < -0.4 is 15.5 Å². The van der Waals surface area contributed by atoms with Crippen LogP contribution in [-0.2, 0) is 6.42 Å². The molecule has 0 spiro atoms. The first-order valence-corrected chi connectivity index (χ1v) is 7.19. The molecule has 1 aromatic rings. The van der Waals surface area contributed by atoms with E-state index in [4.69, 9.17) is 5.11 Å². The van der Waals surface area contributed by atoms with E-state index < -0.39 is 6.09 Å². The molecule has 0 saturated carbocycles. The number of piperazine rings is 1. The van der Waals surface area contributed by atoms with E-state index in [9.17, 15) is 4.79 Å². The monoisotopic (exact) mass is 277 g/mol. The number of benzene rings is 1. The molecule has 1 atom stereocenters. The summed E-state index contributed by atoms with van der Waals surface area (Å²) in [7, 11) is 0. The average molecular weight is 277 g/mol. The van der Waals surface area contributed by atoms with E-state index >= 15 is 0 Å². The molecule has 0 radical (unpaired) electrons. The predicted octanol–water partition coefficient (Wildman–Crippen LogP) is 1.68. The Morgan fingerprint density at radius 3 is 3.15 bits per heavy atom. The van der Waals surface area contributed by atoms with Crippen LogP contribution in [0.25, 0.3) is 0 Å². The van der Waals surface area contributed by atoms with Gasteiger partial charge in [-0.1, -0.05) is 12.1 Å². The third kappa shape index (κ3) is 4.42. The van der Waals surface area contributed by atoms with Gasteiger partial charge in [-0.25, -0.2) is 4.79 Å². The summed E-state index contributed by atoms with van der Waals surface area (Å²) in [6.45, 7) is 5.80. The minimum absolute atomic E-state index is 0.504. The van der Waals surface area contributed by atoms with E-state index in [1.807, 2.05) is 0 Å². The second-order valence-electron chi connectivity index (χ2n) is 5.31. The van der Waals surface area contributed by atoms with Crippen LogP contribution in [0.4, 0.5) is 10.5 Å². The largest absolute Gasteiger partial charge is 0.465 e. The number of nitrogens with zero attached hydrogens (tertiary/aromatic N) is 1. The molecule has 1 fully saturated rings. The minimum Gasteiger partial charge on any atom is -0.465 e. The zero-order valence-electron chi connectivity index (χ0n) is 11.9. The summed E-state index contributed by atoms with van der Waals surface area (Å²) in [5.74, 6) is 0. The highest BCUT2D eigenvalue weighted by Crippen LogP contribution is 2.18. The Hall–Kier alpha value is -1.75. The van der Waals surface area contributed by atoms with Gasteiger partial charge >= 0.3 is 6.09 Å². The Bertz CT molecular complexity index is 450. The maximum atomic E-state index is 10.4. The molecule has 0 aromatic heterocycles. The lowest BCUT2D eigenvalue weighted by Gasteiger charge is -2.33. The molecular weight excluding hydrogens is 254 g/mol. The molecule has 1 aliphatic heterocycles. The van der Waals surface area contributed by atoms with Gasteiger partial charge in [-0.2, -0.15) is 0 Å². The van der Waals surface area contributed by atoms with Crippen LogP contribution in [0.15, 0.2) is 24.3 Å². The summed E-state index contributed by atoms with van der Waals surface area (Å²) >= 11 is 0. The molecule has 0 aliphatic carbocycles. The van der Waals surface area contributed by atoms with Gasteiger partial charge in [0.2, 0.25) is 0 Å². The van der Waals surface area contributed by atoms with Gasteiger partial charge in [0.05, 0.1) is 0 Å². The van der Waals surface area contributed by atoms with Gasteiger partial charge in [0.25, 0.3) is 0 Å². The van der Waals surface area contributed by atoms with Gasteiger partial charge in [-0.15, -0.1) is 0 Å². The lowest BCUT2D eigenvalue weighted by molar-refractivity contribution is 0.194. The fraction of sp³-hybridized carbons (Fsp3) is 0.533. The maximum absolute atomic E-state index is 10.4. The van der Waals surface area contributed by atoms with E-state index in [1.165, 1.54) is 11.3 Å². The van der Waals surface area contributed by atoms with Crippen molar-refractivity contribution < 1.29 is 9.90 Å². The van der Waals surface area contributed by atoms with Gasteiger partial charge in [-0.3, -0.25) is 0 Å². The number of amides is 1. The van der Waals surface area contributed by atoms with E-state index in [-0.39, 0.29) is 0 Å². The number of carbonyl (C=O) groups is 1. The Labute approximate surface area is 120 Å².